The molecule has 0 spiro atoms. The molecule has 0 saturated carbocycles. The Labute approximate surface area is 200 Å². The first-order chi connectivity index (χ1) is 16.7. The highest BCUT2D eigenvalue weighted by Crippen LogP contribution is 2.27. The molecule has 1 aliphatic rings. The van der Waals surface area contributed by atoms with Crippen LogP contribution in [-0.4, -0.2) is 42.7 Å². The van der Waals surface area contributed by atoms with Gasteiger partial charge in [-0.3, -0.25) is 14.4 Å². The number of likely N-dealkylation sites (N-methyl/N-ethyl adjacent to an activating group) is 1. The van der Waals surface area contributed by atoms with Gasteiger partial charge in [0.25, 0.3) is 11.8 Å². The van der Waals surface area contributed by atoms with Crippen LogP contribution in [0.25, 0.3) is 0 Å². The Bertz CT molecular complexity index is 1310. The summed E-state index contributed by atoms with van der Waals surface area (Å²) >= 11 is 0. The van der Waals surface area contributed by atoms with Crippen molar-refractivity contribution < 1.29 is 23.2 Å². The minimum Gasteiger partial charge on any atom is -0.341 e. The molecule has 9 heteroatoms. The smallest absolute Gasteiger partial charge is 0.272 e. The van der Waals surface area contributed by atoms with Crippen LogP contribution in [0.2, 0.25) is 0 Å². The Morgan fingerprint density at radius 2 is 1.60 bits per heavy atom. The van der Waals surface area contributed by atoms with Crippen LogP contribution >= 0.6 is 0 Å². The number of carbonyl (C=O) groups excluding carboxylic acids is 3. The van der Waals surface area contributed by atoms with E-state index in [9.17, 15) is 23.2 Å². The summed E-state index contributed by atoms with van der Waals surface area (Å²) in [5.41, 5.74) is 2.37. The first kappa shape index (κ1) is 23.7. The van der Waals surface area contributed by atoms with Gasteiger partial charge in [-0.15, -0.1) is 0 Å². The zero-order valence-electron chi connectivity index (χ0n) is 19.0. The van der Waals surface area contributed by atoms with Gasteiger partial charge in [0.1, 0.15) is 17.7 Å². The summed E-state index contributed by atoms with van der Waals surface area (Å²) in [4.78, 5) is 44.5. The van der Waals surface area contributed by atoms with Gasteiger partial charge in [0.2, 0.25) is 12.1 Å². The summed E-state index contributed by atoms with van der Waals surface area (Å²) in [5, 5.41) is 4.96. The quantitative estimate of drug-likeness (QED) is 0.593. The standard InChI is InChI=1S/C26H22F2N4O3/c1-15(29-25(34)17-12-18(27)14-19(28)13-17)24(33)31-23-26(35)32(2)21-11-7-6-10-20(21)22(30-23)16-8-4-3-5-9-16/h3-15,23H,1-2H3,(H,29,34)(H,31,33)/t15-,23?/m0/s1. The molecule has 178 valence electrons. The molecule has 35 heavy (non-hydrogen) atoms. The molecule has 0 aromatic heterocycles. The second kappa shape index (κ2) is 9.84. The third-order valence-corrected chi connectivity index (χ3v) is 5.54. The van der Waals surface area contributed by atoms with Gasteiger partial charge in [0, 0.05) is 29.8 Å². The molecule has 2 N–H and O–H groups in total. The molecular formula is C26H22F2N4O3. The number of amides is 3. The summed E-state index contributed by atoms with van der Waals surface area (Å²) in [7, 11) is 1.59. The van der Waals surface area contributed by atoms with Gasteiger partial charge < -0.3 is 15.5 Å². The second-order valence-electron chi connectivity index (χ2n) is 8.02. The van der Waals surface area contributed by atoms with E-state index in [1.165, 1.54) is 11.8 Å². The van der Waals surface area contributed by atoms with E-state index in [-0.39, 0.29) is 5.56 Å². The number of hydrogen-bond acceptors (Lipinski definition) is 4. The Morgan fingerprint density at radius 3 is 2.29 bits per heavy atom. The van der Waals surface area contributed by atoms with E-state index in [4.69, 9.17) is 0 Å². The van der Waals surface area contributed by atoms with E-state index >= 15 is 0 Å². The number of hydrogen-bond donors (Lipinski definition) is 2. The fourth-order valence-electron chi connectivity index (χ4n) is 3.73. The van der Waals surface area contributed by atoms with Crippen LogP contribution in [0.15, 0.2) is 77.8 Å². The third kappa shape index (κ3) is 5.08. The Hall–Kier alpha value is -4.40. The maximum Gasteiger partial charge on any atom is 0.272 e. The minimum atomic E-state index is -1.26. The zero-order chi connectivity index (χ0) is 25.1. The van der Waals surface area contributed by atoms with Crippen molar-refractivity contribution in [3.05, 3.63) is 101 Å². The SMILES string of the molecule is C[C@H](NC(=O)c1cc(F)cc(F)c1)C(=O)NC1N=C(c2ccccc2)c2ccccc2N(C)C1=O. The Balaban J connectivity index is 1.59. The molecule has 0 fully saturated rings. The predicted molar refractivity (Wildman–Crippen MR) is 127 cm³/mol. The maximum absolute atomic E-state index is 13.4. The highest BCUT2D eigenvalue weighted by molar-refractivity contribution is 6.20. The van der Waals surface area contributed by atoms with Gasteiger partial charge in [0.05, 0.1) is 11.4 Å². The molecular weight excluding hydrogens is 454 g/mol. The van der Waals surface area contributed by atoms with Crippen molar-refractivity contribution in [2.45, 2.75) is 19.1 Å². The van der Waals surface area contributed by atoms with Crippen LogP contribution in [-0.2, 0) is 9.59 Å². The summed E-state index contributed by atoms with van der Waals surface area (Å²) in [6.45, 7) is 1.39. The molecule has 0 aliphatic carbocycles. The molecule has 3 aromatic rings. The van der Waals surface area contributed by atoms with Crippen LogP contribution in [0.5, 0.6) is 0 Å². The topological polar surface area (TPSA) is 90.9 Å². The Kier molecular flexibility index (Phi) is 6.68. The lowest BCUT2D eigenvalue weighted by molar-refractivity contribution is -0.128. The number of nitrogens with one attached hydrogen (secondary N) is 2. The zero-order valence-corrected chi connectivity index (χ0v) is 19.0. The molecule has 1 heterocycles. The van der Waals surface area contributed by atoms with Crippen molar-refractivity contribution in [3.63, 3.8) is 0 Å². The molecule has 1 unspecified atom stereocenters. The molecule has 4 rings (SSSR count). The van der Waals surface area contributed by atoms with Crippen molar-refractivity contribution >= 4 is 29.1 Å². The average molecular weight is 476 g/mol. The molecule has 2 atom stereocenters. The van der Waals surface area contributed by atoms with Crippen molar-refractivity contribution in [1.29, 1.82) is 0 Å². The minimum absolute atomic E-state index is 0.271. The van der Waals surface area contributed by atoms with Crippen molar-refractivity contribution in [2.24, 2.45) is 4.99 Å². The van der Waals surface area contributed by atoms with Gasteiger partial charge in [-0.1, -0.05) is 48.5 Å². The van der Waals surface area contributed by atoms with E-state index in [1.54, 1.807) is 19.2 Å². The van der Waals surface area contributed by atoms with Gasteiger partial charge in [-0.2, -0.15) is 0 Å². The lowest BCUT2D eigenvalue weighted by Crippen LogP contribution is -2.52. The largest absolute Gasteiger partial charge is 0.341 e. The highest BCUT2D eigenvalue weighted by Gasteiger charge is 2.32. The van der Waals surface area contributed by atoms with Crippen LogP contribution in [0.1, 0.15) is 28.4 Å². The highest BCUT2D eigenvalue weighted by atomic mass is 19.1. The predicted octanol–water partition coefficient (Wildman–Crippen LogP) is 3.04. The van der Waals surface area contributed by atoms with Crippen molar-refractivity contribution in [1.82, 2.24) is 10.6 Å². The second-order valence-corrected chi connectivity index (χ2v) is 8.02. The number of benzodiazepines with no additional fused rings is 1. The Morgan fingerprint density at radius 1 is 0.971 bits per heavy atom. The van der Waals surface area contributed by atoms with Crippen molar-refractivity contribution in [3.8, 4) is 0 Å². The summed E-state index contributed by atoms with van der Waals surface area (Å²) in [6, 6.07) is 17.8. The first-order valence-electron chi connectivity index (χ1n) is 10.8. The van der Waals surface area contributed by atoms with Gasteiger partial charge in [-0.25, -0.2) is 13.8 Å². The van der Waals surface area contributed by atoms with Crippen LogP contribution in [0, 0.1) is 11.6 Å². The molecule has 7 nitrogen and oxygen atoms in total. The molecule has 0 radical (unpaired) electrons. The number of benzene rings is 3. The molecule has 3 amide bonds. The van der Waals surface area contributed by atoms with E-state index in [0.717, 1.165) is 23.3 Å². The lowest BCUT2D eigenvalue weighted by atomic mass is 10.0. The summed E-state index contributed by atoms with van der Waals surface area (Å²) < 4.78 is 26.9. The monoisotopic (exact) mass is 476 g/mol. The van der Waals surface area contributed by atoms with Gasteiger partial charge in [-0.05, 0) is 25.1 Å². The number of fused-ring (bicyclic) bond motifs is 1. The van der Waals surface area contributed by atoms with Crippen LogP contribution < -0.4 is 15.5 Å². The molecule has 1 aliphatic heterocycles. The first-order valence-corrected chi connectivity index (χ1v) is 10.8. The van der Waals surface area contributed by atoms with Crippen LogP contribution in [0.3, 0.4) is 0 Å². The lowest BCUT2D eigenvalue weighted by Gasteiger charge is -2.22. The normalized spacial score (nSPS) is 16.0. The number of para-hydroxylation sites is 1. The van der Waals surface area contributed by atoms with E-state index in [2.05, 4.69) is 15.6 Å². The summed E-state index contributed by atoms with van der Waals surface area (Å²) in [5.74, 6) is -3.83. The number of halogens is 2. The maximum atomic E-state index is 13.4. The van der Waals surface area contributed by atoms with E-state index in [1.807, 2.05) is 42.5 Å². The fraction of sp³-hybridized carbons (Fsp3) is 0.154. The molecule has 0 bridgehead atoms. The van der Waals surface area contributed by atoms with Gasteiger partial charge in [0.15, 0.2) is 0 Å². The number of anilines is 1. The average Bonchev–Trinajstić information content (AvgIpc) is 2.94. The molecule has 3 aromatic carbocycles. The molecule has 0 saturated heterocycles. The van der Waals surface area contributed by atoms with Crippen molar-refractivity contribution in [2.75, 3.05) is 11.9 Å². The fourth-order valence-corrected chi connectivity index (χ4v) is 3.73. The summed E-state index contributed by atoms with van der Waals surface area (Å²) in [6.07, 6.45) is -1.26. The third-order valence-electron chi connectivity index (χ3n) is 5.54. The number of rotatable bonds is 5. The van der Waals surface area contributed by atoms with E-state index < -0.39 is 41.6 Å². The van der Waals surface area contributed by atoms with E-state index in [0.29, 0.717) is 17.5 Å². The van der Waals surface area contributed by atoms with Crippen LogP contribution in [0.4, 0.5) is 14.5 Å². The number of nitrogens with zero attached hydrogens (tertiary/aromatic N) is 2. The van der Waals surface area contributed by atoms with Gasteiger partial charge >= 0.3 is 0 Å². The number of aliphatic imine (C=N–C) groups is 1. The number of carbonyl (C=O) groups is 3.